The van der Waals surface area contributed by atoms with Gasteiger partial charge in [-0.25, -0.2) is 4.98 Å². The van der Waals surface area contributed by atoms with Crippen LogP contribution < -0.4 is 10.5 Å². The summed E-state index contributed by atoms with van der Waals surface area (Å²) < 4.78 is 5.39. The van der Waals surface area contributed by atoms with Crippen LogP contribution in [0, 0.1) is 6.92 Å². The summed E-state index contributed by atoms with van der Waals surface area (Å²) in [7, 11) is 1.69. The van der Waals surface area contributed by atoms with Gasteiger partial charge in [0.25, 0.3) is 0 Å². The smallest absolute Gasteiger partial charge is 0.127 e. The van der Waals surface area contributed by atoms with E-state index < -0.39 is 0 Å². The van der Waals surface area contributed by atoms with Crippen LogP contribution in [-0.4, -0.2) is 18.6 Å². The molecular formula is C13H16N2OS. The molecule has 0 amide bonds. The Kier molecular flexibility index (Phi) is 3.76. The Balaban J connectivity index is 2.51. The van der Waals surface area contributed by atoms with Gasteiger partial charge in [-0.05, 0) is 25.6 Å². The van der Waals surface area contributed by atoms with Crippen LogP contribution in [0.2, 0.25) is 0 Å². The first kappa shape index (κ1) is 12.1. The summed E-state index contributed by atoms with van der Waals surface area (Å²) in [6.45, 7) is 2.63. The minimum Gasteiger partial charge on any atom is -0.496 e. The Morgan fingerprint density at radius 3 is 2.82 bits per heavy atom. The monoisotopic (exact) mass is 248 g/mol. The molecule has 1 aromatic heterocycles. The van der Waals surface area contributed by atoms with Crippen molar-refractivity contribution in [2.24, 2.45) is 5.73 Å². The number of nitrogens with two attached hydrogens (primary N) is 1. The molecule has 0 saturated carbocycles. The van der Waals surface area contributed by atoms with Crippen molar-refractivity contribution in [3.63, 3.8) is 0 Å². The molecular weight excluding hydrogens is 232 g/mol. The van der Waals surface area contributed by atoms with Crippen molar-refractivity contribution in [3.05, 3.63) is 35.0 Å². The van der Waals surface area contributed by atoms with Crippen molar-refractivity contribution in [2.75, 3.05) is 13.7 Å². The summed E-state index contributed by atoms with van der Waals surface area (Å²) in [5, 5.41) is 1.06. The summed E-state index contributed by atoms with van der Waals surface area (Å²) >= 11 is 1.69. The van der Waals surface area contributed by atoms with Gasteiger partial charge in [0.1, 0.15) is 5.75 Å². The SMILES string of the molecule is COc1ccccc1-c1sc(C)nc1CCN. The first-order valence-corrected chi connectivity index (χ1v) is 6.37. The van der Waals surface area contributed by atoms with Crippen molar-refractivity contribution in [1.29, 1.82) is 0 Å². The lowest BCUT2D eigenvalue weighted by Crippen LogP contribution is -2.04. The number of hydrogen-bond donors (Lipinski definition) is 1. The second-order valence-electron chi connectivity index (χ2n) is 3.75. The van der Waals surface area contributed by atoms with Crippen molar-refractivity contribution >= 4 is 11.3 Å². The third-order valence-electron chi connectivity index (χ3n) is 2.54. The van der Waals surface area contributed by atoms with Gasteiger partial charge in [-0.1, -0.05) is 12.1 Å². The number of rotatable bonds is 4. The lowest BCUT2D eigenvalue weighted by atomic mass is 10.1. The number of thiazole rings is 1. The van der Waals surface area contributed by atoms with Crippen LogP contribution in [0.4, 0.5) is 0 Å². The van der Waals surface area contributed by atoms with E-state index in [0.29, 0.717) is 6.54 Å². The second-order valence-corrected chi connectivity index (χ2v) is 4.95. The van der Waals surface area contributed by atoms with E-state index in [9.17, 15) is 0 Å². The average molecular weight is 248 g/mol. The average Bonchev–Trinajstić information content (AvgIpc) is 2.71. The molecule has 0 atom stereocenters. The molecule has 0 spiro atoms. The molecule has 0 aliphatic carbocycles. The highest BCUT2D eigenvalue weighted by atomic mass is 32.1. The summed E-state index contributed by atoms with van der Waals surface area (Å²) in [6.07, 6.45) is 0.803. The van der Waals surface area contributed by atoms with E-state index in [1.54, 1.807) is 18.4 Å². The molecule has 2 N–H and O–H groups in total. The Labute approximate surface area is 105 Å². The molecule has 90 valence electrons. The maximum atomic E-state index is 5.62. The highest BCUT2D eigenvalue weighted by Gasteiger charge is 2.13. The van der Waals surface area contributed by atoms with E-state index in [4.69, 9.17) is 10.5 Å². The van der Waals surface area contributed by atoms with Gasteiger partial charge < -0.3 is 10.5 Å². The highest BCUT2D eigenvalue weighted by Crippen LogP contribution is 2.36. The van der Waals surface area contributed by atoms with Crippen LogP contribution in [-0.2, 0) is 6.42 Å². The van der Waals surface area contributed by atoms with Crippen LogP contribution in [0.5, 0.6) is 5.75 Å². The standard InChI is InChI=1S/C13H16N2OS/c1-9-15-11(7-8-14)13(17-9)10-5-3-4-6-12(10)16-2/h3-6H,7-8,14H2,1-2H3. The number of ether oxygens (including phenoxy) is 1. The maximum Gasteiger partial charge on any atom is 0.127 e. The normalized spacial score (nSPS) is 10.5. The molecule has 1 aromatic carbocycles. The highest BCUT2D eigenvalue weighted by molar-refractivity contribution is 7.15. The molecule has 0 unspecified atom stereocenters. The molecule has 2 rings (SSSR count). The Morgan fingerprint density at radius 1 is 1.35 bits per heavy atom. The second kappa shape index (κ2) is 5.29. The fourth-order valence-corrected chi connectivity index (χ4v) is 2.81. The molecule has 1 heterocycles. The molecule has 0 saturated heterocycles. The molecule has 0 bridgehead atoms. The number of methoxy groups -OCH3 is 1. The third kappa shape index (κ3) is 2.48. The van der Waals surface area contributed by atoms with Gasteiger partial charge in [0, 0.05) is 12.0 Å². The summed E-state index contributed by atoms with van der Waals surface area (Å²) in [5.41, 5.74) is 7.79. The first-order valence-electron chi connectivity index (χ1n) is 5.56. The maximum absolute atomic E-state index is 5.62. The number of hydrogen-bond acceptors (Lipinski definition) is 4. The third-order valence-corrected chi connectivity index (χ3v) is 3.58. The van der Waals surface area contributed by atoms with Gasteiger partial charge in [0.15, 0.2) is 0 Å². The van der Waals surface area contributed by atoms with Gasteiger partial charge in [0.05, 0.1) is 22.7 Å². The number of para-hydroxylation sites is 1. The molecule has 0 fully saturated rings. The van der Waals surface area contributed by atoms with E-state index in [1.165, 1.54) is 4.88 Å². The molecule has 0 aliphatic rings. The van der Waals surface area contributed by atoms with Crippen LogP contribution in [0.15, 0.2) is 24.3 Å². The van der Waals surface area contributed by atoms with Crippen molar-refractivity contribution in [3.8, 4) is 16.2 Å². The minimum absolute atomic E-state index is 0.616. The quantitative estimate of drug-likeness (QED) is 0.904. The van der Waals surface area contributed by atoms with Crippen molar-refractivity contribution < 1.29 is 4.74 Å². The topological polar surface area (TPSA) is 48.1 Å². The number of aromatic nitrogens is 1. The van der Waals surface area contributed by atoms with Crippen LogP contribution in [0.1, 0.15) is 10.7 Å². The van der Waals surface area contributed by atoms with Gasteiger partial charge in [-0.15, -0.1) is 11.3 Å². The molecule has 0 radical (unpaired) electrons. The van der Waals surface area contributed by atoms with Crippen LogP contribution in [0.3, 0.4) is 0 Å². The summed E-state index contributed by atoms with van der Waals surface area (Å²) in [4.78, 5) is 5.71. The van der Waals surface area contributed by atoms with Gasteiger partial charge in [-0.3, -0.25) is 0 Å². The lowest BCUT2D eigenvalue weighted by Gasteiger charge is -2.07. The predicted octanol–water partition coefficient (Wildman–Crippen LogP) is 2.63. The van der Waals surface area contributed by atoms with E-state index in [2.05, 4.69) is 11.1 Å². The zero-order valence-electron chi connectivity index (χ0n) is 10.1. The molecule has 3 nitrogen and oxygen atoms in total. The minimum atomic E-state index is 0.616. The predicted molar refractivity (Wildman–Crippen MR) is 71.6 cm³/mol. The molecule has 17 heavy (non-hydrogen) atoms. The fourth-order valence-electron chi connectivity index (χ4n) is 1.82. The zero-order valence-corrected chi connectivity index (χ0v) is 10.9. The van der Waals surface area contributed by atoms with Gasteiger partial charge in [0.2, 0.25) is 0 Å². The Hall–Kier alpha value is -1.39. The van der Waals surface area contributed by atoms with E-state index in [-0.39, 0.29) is 0 Å². The Bertz CT molecular complexity index is 508. The van der Waals surface area contributed by atoms with Crippen LogP contribution >= 0.6 is 11.3 Å². The van der Waals surface area contributed by atoms with Gasteiger partial charge in [-0.2, -0.15) is 0 Å². The summed E-state index contributed by atoms with van der Waals surface area (Å²) in [6, 6.07) is 8.01. The van der Waals surface area contributed by atoms with E-state index in [0.717, 1.165) is 28.4 Å². The van der Waals surface area contributed by atoms with Crippen molar-refractivity contribution in [2.45, 2.75) is 13.3 Å². The number of benzene rings is 1. The van der Waals surface area contributed by atoms with E-state index >= 15 is 0 Å². The van der Waals surface area contributed by atoms with Crippen molar-refractivity contribution in [1.82, 2.24) is 4.98 Å². The first-order chi connectivity index (χ1) is 8.26. The van der Waals surface area contributed by atoms with Crippen LogP contribution in [0.25, 0.3) is 10.4 Å². The van der Waals surface area contributed by atoms with E-state index in [1.807, 2.05) is 25.1 Å². The molecule has 0 aliphatic heterocycles. The number of nitrogens with zero attached hydrogens (tertiary/aromatic N) is 1. The molecule has 4 heteroatoms. The number of aryl methyl sites for hydroxylation is 1. The largest absolute Gasteiger partial charge is 0.496 e. The molecule has 2 aromatic rings. The van der Waals surface area contributed by atoms with Gasteiger partial charge >= 0.3 is 0 Å². The zero-order chi connectivity index (χ0) is 12.3. The lowest BCUT2D eigenvalue weighted by molar-refractivity contribution is 0.416. The Morgan fingerprint density at radius 2 is 2.12 bits per heavy atom. The summed E-state index contributed by atoms with van der Waals surface area (Å²) in [5.74, 6) is 0.884. The fraction of sp³-hybridized carbons (Fsp3) is 0.308.